The van der Waals surface area contributed by atoms with Crippen LogP contribution in [0.5, 0.6) is 11.5 Å². The Bertz CT molecular complexity index is 411. The van der Waals surface area contributed by atoms with Gasteiger partial charge in [-0.3, -0.25) is 0 Å². The zero-order valence-electron chi connectivity index (χ0n) is 11.7. The molecule has 0 bridgehead atoms. The van der Waals surface area contributed by atoms with Crippen LogP contribution in [0.25, 0.3) is 0 Å². The van der Waals surface area contributed by atoms with Crippen molar-refractivity contribution in [2.45, 2.75) is 38.8 Å². The second kappa shape index (κ2) is 6.98. The fourth-order valence-electron chi connectivity index (χ4n) is 1.98. The number of hydrogen-bond donors (Lipinski definition) is 3. The van der Waals surface area contributed by atoms with Gasteiger partial charge in [-0.15, -0.1) is 0 Å². The van der Waals surface area contributed by atoms with E-state index in [-0.39, 0.29) is 17.9 Å². The maximum Gasteiger partial charge on any atom is 0.162 e. The standard InChI is InChI=1S/C14H22ClNO3/c1-4-14(5-2,9-17)16-8-10-6-11(15)7-12(19-3)13(10)18/h6-7,16-18H,4-5,8-9H2,1-3H3. The molecule has 5 heteroatoms. The first-order valence-electron chi connectivity index (χ1n) is 6.43. The van der Waals surface area contributed by atoms with E-state index in [1.165, 1.54) is 7.11 Å². The SMILES string of the molecule is CCC(CC)(CO)NCc1cc(Cl)cc(OC)c1O. The molecule has 0 spiro atoms. The molecule has 19 heavy (non-hydrogen) atoms. The number of aromatic hydroxyl groups is 1. The van der Waals surface area contributed by atoms with Gasteiger partial charge in [0.2, 0.25) is 0 Å². The van der Waals surface area contributed by atoms with E-state index in [0.29, 0.717) is 22.9 Å². The number of phenolic OH excluding ortho intramolecular Hbond substituents is 1. The number of phenols is 1. The molecule has 0 saturated carbocycles. The van der Waals surface area contributed by atoms with Gasteiger partial charge >= 0.3 is 0 Å². The lowest BCUT2D eigenvalue weighted by atomic mass is 9.93. The molecule has 0 saturated heterocycles. The molecule has 0 aromatic heterocycles. The molecule has 0 heterocycles. The fraction of sp³-hybridized carbons (Fsp3) is 0.571. The molecule has 0 aliphatic rings. The second-order valence-corrected chi connectivity index (χ2v) is 5.05. The zero-order valence-corrected chi connectivity index (χ0v) is 12.4. The molecule has 0 amide bonds. The van der Waals surface area contributed by atoms with E-state index in [2.05, 4.69) is 5.32 Å². The average molecular weight is 288 g/mol. The fourth-order valence-corrected chi connectivity index (χ4v) is 2.21. The number of methoxy groups -OCH3 is 1. The smallest absolute Gasteiger partial charge is 0.162 e. The molecule has 1 aromatic rings. The highest BCUT2D eigenvalue weighted by atomic mass is 35.5. The van der Waals surface area contributed by atoms with Crippen molar-refractivity contribution in [3.63, 3.8) is 0 Å². The summed E-state index contributed by atoms with van der Waals surface area (Å²) in [4.78, 5) is 0. The van der Waals surface area contributed by atoms with E-state index >= 15 is 0 Å². The summed E-state index contributed by atoms with van der Waals surface area (Å²) < 4.78 is 5.07. The molecule has 1 rings (SSSR count). The predicted molar refractivity (Wildman–Crippen MR) is 76.9 cm³/mol. The minimum Gasteiger partial charge on any atom is -0.504 e. The van der Waals surface area contributed by atoms with Gasteiger partial charge in [0.25, 0.3) is 0 Å². The molecule has 4 nitrogen and oxygen atoms in total. The molecule has 0 radical (unpaired) electrons. The molecular formula is C14H22ClNO3. The molecule has 0 aliphatic heterocycles. The third-order valence-electron chi connectivity index (χ3n) is 3.65. The van der Waals surface area contributed by atoms with Gasteiger partial charge in [0.15, 0.2) is 11.5 Å². The number of nitrogens with one attached hydrogen (secondary N) is 1. The molecular weight excluding hydrogens is 266 g/mol. The van der Waals surface area contributed by atoms with E-state index in [1.54, 1.807) is 12.1 Å². The van der Waals surface area contributed by atoms with Crippen LogP contribution < -0.4 is 10.1 Å². The van der Waals surface area contributed by atoms with Crippen LogP contribution in [0.1, 0.15) is 32.3 Å². The number of halogens is 1. The lowest BCUT2D eigenvalue weighted by Gasteiger charge is -2.31. The highest BCUT2D eigenvalue weighted by molar-refractivity contribution is 6.30. The van der Waals surface area contributed by atoms with Gasteiger partial charge in [0.1, 0.15) is 0 Å². The summed E-state index contributed by atoms with van der Waals surface area (Å²) in [6.07, 6.45) is 1.61. The molecule has 0 unspecified atom stereocenters. The lowest BCUT2D eigenvalue weighted by molar-refractivity contribution is 0.149. The predicted octanol–water partition coefficient (Wildman–Crippen LogP) is 2.69. The van der Waals surface area contributed by atoms with Crippen LogP contribution in [0.2, 0.25) is 5.02 Å². The number of rotatable bonds is 7. The Morgan fingerprint density at radius 3 is 2.42 bits per heavy atom. The number of benzene rings is 1. The van der Waals surface area contributed by atoms with Gasteiger partial charge in [-0.25, -0.2) is 0 Å². The highest BCUT2D eigenvalue weighted by Crippen LogP contribution is 2.33. The van der Waals surface area contributed by atoms with Crippen molar-refractivity contribution in [2.24, 2.45) is 0 Å². The van der Waals surface area contributed by atoms with Crippen LogP contribution in [0.15, 0.2) is 12.1 Å². The Balaban J connectivity index is 2.91. The van der Waals surface area contributed by atoms with Gasteiger partial charge in [0, 0.05) is 28.7 Å². The normalized spacial score (nSPS) is 11.6. The molecule has 0 fully saturated rings. The van der Waals surface area contributed by atoms with Crippen LogP contribution in [0, 0.1) is 0 Å². The van der Waals surface area contributed by atoms with Gasteiger partial charge < -0.3 is 20.3 Å². The van der Waals surface area contributed by atoms with E-state index < -0.39 is 0 Å². The topological polar surface area (TPSA) is 61.7 Å². The largest absolute Gasteiger partial charge is 0.504 e. The van der Waals surface area contributed by atoms with Crippen LogP contribution >= 0.6 is 11.6 Å². The van der Waals surface area contributed by atoms with Crippen molar-refractivity contribution in [3.05, 3.63) is 22.7 Å². The Kier molecular flexibility index (Phi) is 5.91. The van der Waals surface area contributed by atoms with Crippen molar-refractivity contribution in [2.75, 3.05) is 13.7 Å². The second-order valence-electron chi connectivity index (χ2n) is 4.61. The van der Waals surface area contributed by atoms with Crippen LogP contribution in [0.3, 0.4) is 0 Å². The summed E-state index contributed by atoms with van der Waals surface area (Å²) in [5, 5.41) is 23.3. The maximum atomic E-state index is 10.0. The molecule has 0 aliphatic carbocycles. The molecule has 1 aromatic carbocycles. The summed E-state index contributed by atoms with van der Waals surface area (Å²) >= 11 is 5.98. The number of ether oxygens (including phenoxy) is 1. The first-order chi connectivity index (χ1) is 9.01. The molecule has 0 atom stereocenters. The Morgan fingerprint density at radius 2 is 1.95 bits per heavy atom. The highest BCUT2D eigenvalue weighted by Gasteiger charge is 2.24. The van der Waals surface area contributed by atoms with Gasteiger partial charge in [-0.1, -0.05) is 25.4 Å². The average Bonchev–Trinajstić information content (AvgIpc) is 2.44. The quantitative estimate of drug-likeness (QED) is 0.721. The van der Waals surface area contributed by atoms with E-state index in [9.17, 15) is 10.2 Å². The number of hydrogen-bond acceptors (Lipinski definition) is 4. The number of aliphatic hydroxyl groups excluding tert-OH is 1. The minimum atomic E-state index is -0.331. The Morgan fingerprint density at radius 1 is 1.32 bits per heavy atom. The van der Waals surface area contributed by atoms with Crippen molar-refractivity contribution >= 4 is 11.6 Å². The summed E-state index contributed by atoms with van der Waals surface area (Å²) in [6.45, 7) is 4.51. The maximum absolute atomic E-state index is 10.0. The minimum absolute atomic E-state index is 0.0540. The number of aliphatic hydroxyl groups is 1. The summed E-state index contributed by atoms with van der Waals surface area (Å²) in [5.41, 5.74) is 0.325. The van der Waals surface area contributed by atoms with E-state index in [1.807, 2.05) is 13.8 Å². The third-order valence-corrected chi connectivity index (χ3v) is 3.87. The zero-order chi connectivity index (χ0) is 14.5. The van der Waals surface area contributed by atoms with Gasteiger partial charge in [0.05, 0.1) is 13.7 Å². The van der Waals surface area contributed by atoms with Crippen molar-refractivity contribution < 1.29 is 14.9 Å². The summed E-state index contributed by atoms with van der Waals surface area (Å²) in [7, 11) is 1.48. The lowest BCUT2D eigenvalue weighted by Crippen LogP contribution is -2.47. The van der Waals surface area contributed by atoms with Gasteiger partial charge in [-0.05, 0) is 18.9 Å². The molecule has 108 valence electrons. The summed E-state index contributed by atoms with van der Waals surface area (Å²) in [6, 6.07) is 3.26. The van der Waals surface area contributed by atoms with Crippen LogP contribution in [-0.4, -0.2) is 29.5 Å². The van der Waals surface area contributed by atoms with Crippen LogP contribution in [0.4, 0.5) is 0 Å². The van der Waals surface area contributed by atoms with E-state index in [0.717, 1.165) is 12.8 Å². The Labute approximate surface area is 119 Å². The third kappa shape index (κ3) is 3.75. The van der Waals surface area contributed by atoms with Crippen molar-refractivity contribution in [1.82, 2.24) is 5.32 Å². The summed E-state index contributed by atoms with van der Waals surface area (Å²) in [5.74, 6) is 0.436. The van der Waals surface area contributed by atoms with Gasteiger partial charge in [-0.2, -0.15) is 0 Å². The van der Waals surface area contributed by atoms with Crippen LogP contribution in [-0.2, 0) is 6.54 Å². The first kappa shape index (κ1) is 16.1. The first-order valence-corrected chi connectivity index (χ1v) is 6.81. The van der Waals surface area contributed by atoms with E-state index in [4.69, 9.17) is 16.3 Å². The monoisotopic (exact) mass is 287 g/mol. The van der Waals surface area contributed by atoms with Crippen molar-refractivity contribution in [1.29, 1.82) is 0 Å². The molecule has 3 N–H and O–H groups in total. The Hall–Kier alpha value is -0.970. The van der Waals surface area contributed by atoms with Crippen molar-refractivity contribution in [3.8, 4) is 11.5 Å².